The Morgan fingerprint density at radius 2 is 1.83 bits per heavy atom. The number of nitrogens with zero attached hydrogens (tertiary/aromatic N) is 2. The minimum atomic E-state index is 0. The lowest BCUT2D eigenvalue weighted by Crippen LogP contribution is -2.46. The number of rotatable bonds is 5. The molecule has 134 valence electrons. The van der Waals surface area contributed by atoms with E-state index in [4.69, 9.17) is 11.6 Å². The number of guanidine groups is 1. The van der Waals surface area contributed by atoms with Crippen molar-refractivity contribution < 1.29 is 4.79 Å². The number of nitrogens with one attached hydrogen (secondary N) is 2. The van der Waals surface area contributed by atoms with Crippen molar-refractivity contribution in [2.24, 2.45) is 4.99 Å². The molecule has 0 spiro atoms. The topological polar surface area (TPSA) is 56.7 Å². The summed E-state index contributed by atoms with van der Waals surface area (Å²) in [7, 11) is 1.71. The molecule has 2 N–H and O–H groups in total. The van der Waals surface area contributed by atoms with Crippen molar-refractivity contribution in [3.63, 3.8) is 0 Å². The van der Waals surface area contributed by atoms with Crippen LogP contribution in [0, 0.1) is 0 Å². The Labute approximate surface area is 166 Å². The number of likely N-dealkylation sites (tertiary alicyclic amines) is 1. The predicted octanol–water partition coefficient (Wildman–Crippen LogP) is 2.68. The summed E-state index contributed by atoms with van der Waals surface area (Å²) >= 11 is 5.87. The van der Waals surface area contributed by atoms with Gasteiger partial charge in [0.1, 0.15) is 0 Å². The molecule has 1 aliphatic rings. The Bertz CT molecular complexity index is 530. The highest BCUT2D eigenvalue weighted by atomic mass is 127. The number of piperidine rings is 1. The van der Waals surface area contributed by atoms with Crippen LogP contribution >= 0.6 is 35.6 Å². The van der Waals surface area contributed by atoms with Gasteiger partial charge >= 0.3 is 0 Å². The molecule has 0 saturated carbocycles. The Kier molecular flexibility index (Phi) is 10.1. The van der Waals surface area contributed by atoms with Crippen molar-refractivity contribution >= 4 is 47.4 Å². The van der Waals surface area contributed by atoms with Gasteiger partial charge in [0.2, 0.25) is 5.91 Å². The Balaban J connectivity index is 0.00000288. The highest BCUT2D eigenvalue weighted by molar-refractivity contribution is 14.0. The van der Waals surface area contributed by atoms with Crippen LogP contribution in [-0.2, 0) is 11.2 Å². The Hall–Kier alpha value is -1.02. The van der Waals surface area contributed by atoms with Gasteiger partial charge in [-0.05, 0) is 43.4 Å². The summed E-state index contributed by atoms with van der Waals surface area (Å²) in [5.74, 6) is 0.801. The Morgan fingerprint density at radius 1 is 1.17 bits per heavy atom. The summed E-state index contributed by atoms with van der Waals surface area (Å²) in [6.07, 6.45) is 4.32. The molecule has 0 aliphatic carbocycles. The van der Waals surface area contributed by atoms with E-state index in [0.29, 0.717) is 12.5 Å². The van der Waals surface area contributed by atoms with Gasteiger partial charge in [-0.15, -0.1) is 24.0 Å². The molecule has 1 aliphatic heterocycles. The maximum atomic E-state index is 12.1. The zero-order valence-corrected chi connectivity index (χ0v) is 17.1. The lowest BCUT2D eigenvalue weighted by molar-refractivity contribution is -0.130. The van der Waals surface area contributed by atoms with Crippen LogP contribution in [0.1, 0.15) is 24.8 Å². The molecule has 0 aromatic heterocycles. The van der Waals surface area contributed by atoms with Gasteiger partial charge in [0.15, 0.2) is 5.96 Å². The normalized spacial score (nSPS) is 14.8. The Morgan fingerprint density at radius 3 is 2.46 bits per heavy atom. The van der Waals surface area contributed by atoms with Crippen molar-refractivity contribution in [1.29, 1.82) is 0 Å². The van der Waals surface area contributed by atoms with Gasteiger partial charge in [0, 0.05) is 31.7 Å². The fourth-order valence-corrected chi connectivity index (χ4v) is 2.74. The summed E-state index contributed by atoms with van der Waals surface area (Å²) in [4.78, 5) is 18.2. The van der Waals surface area contributed by atoms with Crippen LogP contribution in [0.2, 0.25) is 5.02 Å². The molecule has 1 heterocycles. The second kappa shape index (κ2) is 11.5. The monoisotopic (exact) mass is 464 g/mol. The highest BCUT2D eigenvalue weighted by Crippen LogP contribution is 2.09. The number of carbonyl (C=O) groups is 1. The van der Waals surface area contributed by atoms with Crippen LogP contribution < -0.4 is 10.6 Å². The second-order valence-corrected chi connectivity index (χ2v) is 6.11. The zero-order valence-electron chi connectivity index (χ0n) is 14.1. The smallest absolute Gasteiger partial charge is 0.241 e. The third kappa shape index (κ3) is 7.25. The number of aliphatic imine (C=N–C) groups is 1. The predicted molar refractivity (Wildman–Crippen MR) is 110 cm³/mol. The molecule has 0 atom stereocenters. The van der Waals surface area contributed by atoms with Gasteiger partial charge in [-0.25, -0.2) is 0 Å². The van der Waals surface area contributed by atoms with Crippen LogP contribution in [-0.4, -0.2) is 50.0 Å². The summed E-state index contributed by atoms with van der Waals surface area (Å²) in [5.41, 5.74) is 1.21. The average molecular weight is 465 g/mol. The van der Waals surface area contributed by atoms with Crippen molar-refractivity contribution in [3.05, 3.63) is 34.9 Å². The third-order valence-electron chi connectivity index (χ3n) is 3.96. The molecule has 0 bridgehead atoms. The second-order valence-electron chi connectivity index (χ2n) is 5.67. The molecule has 24 heavy (non-hydrogen) atoms. The van der Waals surface area contributed by atoms with Gasteiger partial charge in [-0.1, -0.05) is 23.7 Å². The molecular weight excluding hydrogens is 439 g/mol. The summed E-state index contributed by atoms with van der Waals surface area (Å²) in [6, 6.07) is 7.81. The van der Waals surface area contributed by atoms with Gasteiger partial charge in [-0.3, -0.25) is 9.79 Å². The van der Waals surface area contributed by atoms with Crippen LogP contribution in [0.4, 0.5) is 0 Å². The van der Waals surface area contributed by atoms with Crippen molar-refractivity contribution in [3.8, 4) is 0 Å². The first kappa shape index (κ1) is 21.0. The molecule has 1 aromatic rings. The number of halogens is 2. The molecule has 1 amide bonds. The maximum Gasteiger partial charge on any atom is 0.241 e. The fourth-order valence-electron chi connectivity index (χ4n) is 2.61. The van der Waals surface area contributed by atoms with E-state index in [0.717, 1.165) is 43.9 Å². The van der Waals surface area contributed by atoms with E-state index < -0.39 is 0 Å². The lowest BCUT2D eigenvalue weighted by Gasteiger charge is -2.27. The number of carbonyl (C=O) groups excluding carboxylic acids is 1. The molecule has 2 rings (SSSR count). The molecule has 1 fully saturated rings. The molecule has 0 unspecified atom stereocenters. The maximum absolute atomic E-state index is 12.1. The van der Waals surface area contributed by atoms with Gasteiger partial charge < -0.3 is 15.5 Å². The van der Waals surface area contributed by atoms with Crippen molar-refractivity contribution in [1.82, 2.24) is 15.5 Å². The molecule has 7 heteroatoms. The van der Waals surface area contributed by atoms with E-state index in [2.05, 4.69) is 15.6 Å². The van der Waals surface area contributed by atoms with Crippen LogP contribution in [0.25, 0.3) is 0 Å². The van der Waals surface area contributed by atoms with Gasteiger partial charge in [-0.2, -0.15) is 0 Å². The van der Waals surface area contributed by atoms with Crippen molar-refractivity contribution in [2.75, 3.05) is 33.2 Å². The molecule has 1 saturated heterocycles. The quantitative estimate of drug-likeness (QED) is 0.400. The summed E-state index contributed by atoms with van der Waals surface area (Å²) in [5, 5.41) is 7.06. The van der Waals surface area contributed by atoms with E-state index in [1.54, 1.807) is 7.05 Å². The molecule has 5 nitrogen and oxygen atoms in total. The van der Waals surface area contributed by atoms with E-state index in [1.807, 2.05) is 29.2 Å². The fraction of sp³-hybridized carbons (Fsp3) is 0.529. The van der Waals surface area contributed by atoms with Crippen LogP contribution in [0.5, 0.6) is 0 Å². The van der Waals surface area contributed by atoms with E-state index in [1.165, 1.54) is 12.0 Å². The average Bonchev–Trinajstić information content (AvgIpc) is 2.60. The van der Waals surface area contributed by atoms with Gasteiger partial charge in [0.25, 0.3) is 0 Å². The minimum absolute atomic E-state index is 0. The minimum Gasteiger partial charge on any atom is -0.356 e. The molecular formula is C17H26ClIN4O. The number of benzene rings is 1. The molecule has 1 aromatic carbocycles. The van der Waals surface area contributed by atoms with E-state index >= 15 is 0 Å². The third-order valence-corrected chi connectivity index (χ3v) is 4.21. The van der Waals surface area contributed by atoms with Crippen molar-refractivity contribution in [2.45, 2.75) is 25.7 Å². The summed E-state index contributed by atoms with van der Waals surface area (Å²) in [6.45, 7) is 2.80. The lowest BCUT2D eigenvalue weighted by atomic mass is 10.1. The zero-order chi connectivity index (χ0) is 16.5. The van der Waals surface area contributed by atoms with Gasteiger partial charge in [0.05, 0.1) is 6.54 Å². The first-order chi connectivity index (χ1) is 11.2. The SMILES string of the molecule is CN=C(NCCc1ccc(Cl)cc1)NCC(=O)N1CCCCC1.I. The van der Waals surface area contributed by atoms with Crippen LogP contribution in [0.3, 0.4) is 0 Å². The summed E-state index contributed by atoms with van der Waals surface area (Å²) < 4.78 is 0. The van der Waals surface area contributed by atoms with Crippen LogP contribution in [0.15, 0.2) is 29.3 Å². The van der Waals surface area contributed by atoms with E-state index in [9.17, 15) is 4.79 Å². The van der Waals surface area contributed by atoms with E-state index in [-0.39, 0.29) is 29.9 Å². The molecule has 0 radical (unpaired) electrons. The first-order valence-corrected chi connectivity index (χ1v) is 8.53. The number of hydrogen-bond acceptors (Lipinski definition) is 2. The highest BCUT2D eigenvalue weighted by Gasteiger charge is 2.16. The largest absolute Gasteiger partial charge is 0.356 e. The first-order valence-electron chi connectivity index (χ1n) is 8.16. The standard InChI is InChI=1S/C17H25ClN4O.HI/c1-19-17(20-10-9-14-5-7-15(18)8-6-14)21-13-16(23)22-11-3-2-4-12-22;/h5-8H,2-4,9-13H2,1H3,(H2,19,20,21);1H. The number of hydrogen-bond donors (Lipinski definition) is 2. The number of amides is 1.